The summed E-state index contributed by atoms with van der Waals surface area (Å²) in [5.74, 6) is 0.830. The third-order valence-corrected chi connectivity index (χ3v) is 5.91. The quantitative estimate of drug-likeness (QED) is 0.788. The lowest BCUT2D eigenvalue weighted by Crippen LogP contribution is -2.53. The zero-order chi connectivity index (χ0) is 18.6. The minimum atomic E-state index is 0.355. The lowest BCUT2D eigenvalue weighted by molar-refractivity contribution is -0.0865. The molecule has 7 heteroatoms. The SMILES string of the molecule is C[C@@H]1CN(C2CCN(Cc3cnc(N4CCOCC4)nc3)CC2)C[C@H](C)O1. The molecule has 0 saturated carbocycles. The maximum absolute atomic E-state index is 5.88. The van der Waals surface area contributed by atoms with Crippen LogP contribution in [0.5, 0.6) is 0 Å². The van der Waals surface area contributed by atoms with E-state index in [2.05, 4.69) is 38.5 Å². The van der Waals surface area contributed by atoms with Crippen LogP contribution in [0.2, 0.25) is 0 Å². The Bertz CT molecular complexity index is 575. The van der Waals surface area contributed by atoms with Crippen LogP contribution in [0.15, 0.2) is 12.4 Å². The number of anilines is 1. The van der Waals surface area contributed by atoms with E-state index in [1.54, 1.807) is 0 Å². The largest absolute Gasteiger partial charge is 0.378 e. The Morgan fingerprint density at radius 1 is 0.963 bits per heavy atom. The first-order valence-electron chi connectivity index (χ1n) is 10.4. The van der Waals surface area contributed by atoms with Crippen molar-refractivity contribution in [2.75, 3.05) is 57.4 Å². The molecule has 0 N–H and O–H groups in total. The zero-order valence-corrected chi connectivity index (χ0v) is 16.7. The van der Waals surface area contributed by atoms with Crippen molar-refractivity contribution in [3.8, 4) is 0 Å². The zero-order valence-electron chi connectivity index (χ0n) is 16.7. The maximum atomic E-state index is 5.88. The first-order valence-corrected chi connectivity index (χ1v) is 10.4. The van der Waals surface area contributed by atoms with Gasteiger partial charge in [-0.25, -0.2) is 9.97 Å². The van der Waals surface area contributed by atoms with Gasteiger partial charge in [-0.05, 0) is 39.8 Å². The molecule has 3 fully saturated rings. The van der Waals surface area contributed by atoms with E-state index in [4.69, 9.17) is 9.47 Å². The number of hydrogen-bond donors (Lipinski definition) is 0. The average molecular weight is 376 g/mol. The van der Waals surface area contributed by atoms with Gasteiger partial charge < -0.3 is 14.4 Å². The van der Waals surface area contributed by atoms with Gasteiger partial charge in [0.25, 0.3) is 0 Å². The van der Waals surface area contributed by atoms with E-state index in [1.165, 1.54) is 18.4 Å². The minimum Gasteiger partial charge on any atom is -0.378 e. The highest BCUT2D eigenvalue weighted by Gasteiger charge is 2.30. The van der Waals surface area contributed by atoms with Crippen LogP contribution in [0.25, 0.3) is 0 Å². The number of ether oxygens (including phenoxy) is 2. The Morgan fingerprint density at radius 2 is 1.59 bits per heavy atom. The number of hydrogen-bond acceptors (Lipinski definition) is 7. The topological polar surface area (TPSA) is 54.0 Å². The first-order chi connectivity index (χ1) is 13.2. The van der Waals surface area contributed by atoms with Crippen molar-refractivity contribution in [3.63, 3.8) is 0 Å². The highest BCUT2D eigenvalue weighted by molar-refractivity contribution is 5.30. The van der Waals surface area contributed by atoms with Gasteiger partial charge in [0.1, 0.15) is 0 Å². The smallest absolute Gasteiger partial charge is 0.225 e. The van der Waals surface area contributed by atoms with Gasteiger partial charge in [-0.1, -0.05) is 0 Å². The van der Waals surface area contributed by atoms with Crippen molar-refractivity contribution in [2.45, 2.75) is 51.5 Å². The molecule has 3 aliphatic rings. The first kappa shape index (κ1) is 19.1. The standard InChI is InChI=1S/C20H33N5O2/c1-16-13-25(14-17(2)27-16)19-3-5-23(6-4-19)15-18-11-21-20(22-12-18)24-7-9-26-10-8-24/h11-12,16-17,19H,3-10,13-15H2,1-2H3/t16-,17+. The fourth-order valence-electron chi connectivity index (χ4n) is 4.57. The van der Waals surface area contributed by atoms with Gasteiger partial charge in [0.2, 0.25) is 5.95 Å². The maximum Gasteiger partial charge on any atom is 0.225 e. The number of rotatable bonds is 4. The molecule has 7 nitrogen and oxygen atoms in total. The average Bonchev–Trinajstić information content (AvgIpc) is 2.69. The van der Waals surface area contributed by atoms with E-state index in [0.29, 0.717) is 18.2 Å². The van der Waals surface area contributed by atoms with Crippen LogP contribution in [-0.2, 0) is 16.0 Å². The molecule has 150 valence electrons. The molecule has 1 aromatic rings. The summed E-state index contributed by atoms with van der Waals surface area (Å²) >= 11 is 0. The summed E-state index contributed by atoms with van der Waals surface area (Å²) in [6, 6.07) is 0.704. The van der Waals surface area contributed by atoms with Crippen LogP contribution in [0.1, 0.15) is 32.3 Å². The Balaban J connectivity index is 1.25. The third kappa shape index (κ3) is 4.96. The molecule has 0 radical (unpaired) electrons. The molecule has 3 saturated heterocycles. The molecule has 1 aromatic heterocycles. The summed E-state index contributed by atoms with van der Waals surface area (Å²) in [5, 5.41) is 0. The Labute approximate surface area is 162 Å². The van der Waals surface area contributed by atoms with Crippen LogP contribution in [0.3, 0.4) is 0 Å². The lowest BCUT2D eigenvalue weighted by Gasteiger charge is -2.43. The molecule has 0 unspecified atom stereocenters. The second-order valence-electron chi connectivity index (χ2n) is 8.21. The molecule has 0 bridgehead atoms. The van der Waals surface area contributed by atoms with Crippen molar-refractivity contribution in [1.82, 2.24) is 19.8 Å². The van der Waals surface area contributed by atoms with Gasteiger partial charge >= 0.3 is 0 Å². The van der Waals surface area contributed by atoms with E-state index >= 15 is 0 Å². The van der Waals surface area contributed by atoms with Crippen molar-refractivity contribution >= 4 is 5.95 Å². The molecule has 3 aliphatic heterocycles. The predicted molar refractivity (Wildman–Crippen MR) is 105 cm³/mol. The molecule has 2 atom stereocenters. The van der Waals surface area contributed by atoms with Gasteiger partial charge in [-0.3, -0.25) is 9.80 Å². The van der Waals surface area contributed by atoms with Gasteiger partial charge in [-0.15, -0.1) is 0 Å². The highest BCUT2D eigenvalue weighted by Crippen LogP contribution is 2.22. The van der Waals surface area contributed by atoms with Crippen molar-refractivity contribution in [1.29, 1.82) is 0 Å². The monoisotopic (exact) mass is 375 g/mol. The number of nitrogens with zero attached hydrogens (tertiary/aromatic N) is 5. The van der Waals surface area contributed by atoms with Crippen molar-refractivity contribution in [3.05, 3.63) is 18.0 Å². The summed E-state index contributed by atoms with van der Waals surface area (Å²) in [6.45, 7) is 13.1. The van der Waals surface area contributed by atoms with Crippen LogP contribution in [-0.4, -0.2) is 90.5 Å². The highest BCUT2D eigenvalue weighted by atomic mass is 16.5. The number of morpholine rings is 2. The van der Waals surface area contributed by atoms with E-state index in [1.807, 2.05) is 12.4 Å². The fraction of sp³-hybridized carbons (Fsp3) is 0.800. The summed E-state index contributed by atoms with van der Waals surface area (Å²) < 4.78 is 11.3. The van der Waals surface area contributed by atoms with Crippen LogP contribution in [0.4, 0.5) is 5.95 Å². The summed E-state index contributed by atoms with van der Waals surface area (Å²) in [7, 11) is 0. The Morgan fingerprint density at radius 3 is 2.22 bits per heavy atom. The predicted octanol–water partition coefficient (Wildman–Crippen LogP) is 1.39. The van der Waals surface area contributed by atoms with Gasteiger partial charge in [-0.2, -0.15) is 0 Å². The van der Waals surface area contributed by atoms with Gasteiger partial charge in [0.15, 0.2) is 0 Å². The normalized spacial score (nSPS) is 29.2. The van der Waals surface area contributed by atoms with Crippen LogP contribution in [0, 0.1) is 0 Å². The molecule has 0 aliphatic carbocycles. The van der Waals surface area contributed by atoms with E-state index in [0.717, 1.165) is 65.0 Å². The number of aromatic nitrogens is 2. The molecular formula is C20H33N5O2. The third-order valence-electron chi connectivity index (χ3n) is 5.91. The molecule has 4 rings (SSSR count). The molecule has 4 heterocycles. The van der Waals surface area contributed by atoms with Crippen molar-refractivity contribution in [2.24, 2.45) is 0 Å². The summed E-state index contributed by atoms with van der Waals surface area (Å²) in [5.41, 5.74) is 1.21. The van der Waals surface area contributed by atoms with E-state index in [9.17, 15) is 0 Å². The molecule has 0 amide bonds. The Hall–Kier alpha value is -1.28. The second kappa shape index (κ2) is 8.82. The molecular weight excluding hydrogens is 342 g/mol. The second-order valence-corrected chi connectivity index (χ2v) is 8.21. The molecule has 0 aromatic carbocycles. The summed E-state index contributed by atoms with van der Waals surface area (Å²) in [4.78, 5) is 16.6. The lowest BCUT2D eigenvalue weighted by atomic mass is 10.0. The summed E-state index contributed by atoms with van der Waals surface area (Å²) in [6.07, 6.45) is 7.19. The van der Waals surface area contributed by atoms with Gasteiger partial charge in [0.05, 0.1) is 25.4 Å². The Kier molecular flexibility index (Phi) is 6.22. The van der Waals surface area contributed by atoms with Crippen LogP contribution >= 0.6 is 0 Å². The number of likely N-dealkylation sites (tertiary alicyclic amines) is 1. The minimum absolute atomic E-state index is 0.355. The van der Waals surface area contributed by atoms with Crippen molar-refractivity contribution < 1.29 is 9.47 Å². The number of piperidine rings is 1. The van der Waals surface area contributed by atoms with Crippen LogP contribution < -0.4 is 4.90 Å². The van der Waals surface area contributed by atoms with E-state index < -0.39 is 0 Å². The van der Waals surface area contributed by atoms with E-state index in [-0.39, 0.29) is 0 Å². The van der Waals surface area contributed by atoms with Gasteiger partial charge in [0, 0.05) is 56.7 Å². The molecule has 0 spiro atoms. The fourth-order valence-corrected chi connectivity index (χ4v) is 4.57. The molecule has 27 heavy (non-hydrogen) atoms.